The Hall–Kier alpha value is -0.870. The van der Waals surface area contributed by atoms with Gasteiger partial charge in [-0.05, 0) is 51.4 Å². The smallest absolute Gasteiger partial charge is 0.261 e. The predicted octanol–water partition coefficient (Wildman–Crippen LogP) is 2.31. The van der Waals surface area contributed by atoms with Crippen LogP contribution in [0.2, 0.25) is 0 Å². The van der Waals surface area contributed by atoms with Gasteiger partial charge in [0.2, 0.25) is 0 Å². The van der Waals surface area contributed by atoms with Crippen molar-refractivity contribution in [2.24, 2.45) is 0 Å². The summed E-state index contributed by atoms with van der Waals surface area (Å²) in [7, 11) is 4.03. The van der Waals surface area contributed by atoms with Crippen molar-refractivity contribution in [3.63, 3.8) is 0 Å². The highest BCUT2D eigenvalue weighted by Crippen LogP contribution is 2.28. The fraction of sp³-hybridized carbons (Fsp3) is 0.643. The van der Waals surface area contributed by atoms with Crippen molar-refractivity contribution in [1.29, 1.82) is 0 Å². The van der Waals surface area contributed by atoms with E-state index in [9.17, 15) is 4.79 Å². The standard InChI is InChI=1S/C14H22N2OS/c1-16(2)9-8-15-14(17)13-10-11-6-4-3-5-7-12(11)18-13/h10H,3-9H2,1-2H3,(H,15,17). The Morgan fingerprint density at radius 1 is 1.33 bits per heavy atom. The van der Waals surface area contributed by atoms with Crippen molar-refractivity contribution >= 4 is 17.2 Å². The summed E-state index contributed by atoms with van der Waals surface area (Å²) in [5.74, 6) is 0.0925. The topological polar surface area (TPSA) is 32.3 Å². The molecule has 0 atom stereocenters. The second-order valence-electron chi connectivity index (χ2n) is 5.18. The monoisotopic (exact) mass is 266 g/mol. The lowest BCUT2D eigenvalue weighted by Crippen LogP contribution is -2.30. The molecule has 0 aliphatic heterocycles. The van der Waals surface area contributed by atoms with Crippen LogP contribution >= 0.6 is 11.3 Å². The van der Waals surface area contributed by atoms with Gasteiger partial charge in [0.1, 0.15) is 0 Å². The molecule has 1 aliphatic rings. The molecule has 0 spiro atoms. The van der Waals surface area contributed by atoms with Crippen LogP contribution in [0.5, 0.6) is 0 Å². The van der Waals surface area contributed by atoms with Crippen LogP contribution in [0.4, 0.5) is 0 Å². The van der Waals surface area contributed by atoms with E-state index in [2.05, 4.69) is 16.3 Å². The zero-order chi connectivity index (χ0) is 13.0. The summed E-state index contributed by atoms with van der Waals surface area (Å²) in [5, 5.41) is 2.98. The number of aryl methyl sites for hydroxylation is 2. The first-order valence-corrected chi connectivity index (χ1v) is 7.53. The molecule has 1 amide bonds. The second kappa shape index (κ2) is 6.34. The minimum absolute atomic E-state index is 0.0925. The molecule has 0 unspecified atom stereocenters. The summed E-state index contributed by atoms with van der Waals surface area (Å²) in [5.41, 5.74) is 1.41. The summed E-state index contributed by atoms with van der Waals surface area (Å²) in [4.78, 5) is 16.4. The van der Waals surface area contributed by atoms with Crippen LogP contribution in [0, 0.1) is 0 Å². The summed E-state index contributed by atoms with van der Waals surface area (Å²) in [6.45, 7) is 1.60. The maximum Gasteiger partial charge on any atom is 0.261 e. The molecule has 4 heteroatoms. The van der Waals surface area contributed by atoms with E-state index in [0.717, 1.165) is 24.3 Å². The van der Waals surface area contributed by atoms with Crippen LogP contribution < -0.4 is 5.32 Å². The number of nitrogens with zero attached hydrogens (tertiary/aromatic N) is 1. The van der Waals surface area contributed by atoms with E-state index >= 15 is 0 Å². The molecule has 3 nitrogen and oxygen atoms in total. The predicted molar refractivity (Wildman–Crippen MR) is 76.5 cm³/mol. The minimum atomic E-state index is 0.0925. The second-order valence-corrected chi connectivity index (χ2v) is 6.32. The molecule has 0 bridgehead atoms. The Labute approximate surface area is 113 Å². The number of amides is 1. The lowest BCUT2D eigenvalue weighted by molar-refractivity contribution is 0.0955. The summed E-state index contributed by atoms with van der Waals surface area (Å²) < 4.78 is 0. The molecule has 1 aromatic heterocycles. The number of fused-ring (bicyclic) bond motifs is 1. The Morgan fingerprint density at radius 2 is 2.11 bits per heavy atom. The van der Waals surface area contributed by atoms with E-state index in [1.54, 1.807) is 11.3 Å². The van der Waals surface area contributed by atoms with Crippen molar-refractivity contribution < 1.29 is 4.79 Å². The Morgan fingerprint density at radius 3 is 2.89 bits per heavy atom. The van der Waals surface area contributed by atoms with E-state index in [1.165, 1.54) is 29.7 Å². The molecule has 0 aromatic carbocycles. The van der Waals surface area contributed by atoms with Crippen LogP contribution in [0.25, 0.3) is 0 Å². The first kappa shape index (κ1) is 13.6. The Balaban J connectivity index is 1.94. The third kappa shape index (κ3) is 3.56. The van der Waals surface area contributed by atoms with Gasteiger partial charge in [0, 0.05) is 18.0 Å². The van der Waals surface area contributed by atoms with E-state index in [0.29, 0.717) is 6.54 Å². The normalized spacial score (nSPS) is 15.3. The molecule has 1 aromatic rings. The van der Waals surface area contributed by atoms with Gasteiger partial charge in [-0.3, -0.25) is 4.79 Å². The molecule has 100 valence electrons. The van der Waals surface area contributed by atoms with E-state index in [1.807, 2.05) is 14.1 Å². The van der Waals surface area contributed by atoms with E-state index in [-0.39, 0.29) is 5.91 Å². The zero-order valence-corrected chi connectivity index (χ0v) is 12.1. The molecule has 0 saturated heterocycles. The first-order valence-electron chi connectivity index (χ1n) is 6.71. The maximum atomic E-state index is 12.0. The largest absolute Gasteiger partial charge is 0.350 e. The lowest BCUT2D eigenvalue weighted by atomic mass is 10.1. The molecular weight excluding hydrogens is 244 g/mol. The molecule has 0 radical (unpaired) electrons. The van der Waals surface area contributed by atoms with Crippen molar-refractivity contribution in [2.45, 2.75) is 32.1 Å². The van der Waals surface area contributed by atoms with Crippen molar-refractivity contribution in [1.82, 2.24) is 10.2 Å². The third-order valence-corrected chi connectivity index (χ3v) is 4.55. The van der Waals surface area contributed by atoms with Gasteiger partial charge in [-0.1, -0.05) is 6.42 Å². The van der Waals surface area contributed by atoms with Crippen LogP contribution in [-0.4, -0.2) is 38.0 Å². The highest BCUT2D eigenvalue weighted by Gasteiger charge is 2.15. The Kier molecular flexibility index (Phi) is 4.78. The van der Waals surface area contributed by atoms with Crippen LogP contribution in [-0.2, 0) is 12.8 Å². The van der Waals surface area contributed by atoms with Gasteiger partial charge in [-0.25, -0.2) is 0 Å². The lowest BCUT2D eigenvalue weighted by Gasteiger charge is -2.09. The number of carbonyl (C=O) groups is 1. The molecular formula is C14H22N2OS. The number of hydrogen-bond donors (Lipinski definition) is 1. The number of likely N-dealkylation sites (N-methyl/N-ethyl adjacent to an activating group) is 1. The van der Waals surface area contributed by atoms with Gasteiger partial charge in [0.25, 0.3) is 5.91 Å². The van der Waals surface area contributed by atoms with Crippen molar-refractivity contribution in [2.75, 3.05) is 27.2 Å². The van der Waals surface area contributed by atoms with E-state index < -0.39 is 0 Å². The number of thiophene rings is 1. The van der Waals surface area contributed by atoms with Gasteiger partial charge in [0.05, 0.1) is 4.88 Å². The van der Waals surface area contributed by atoms with Gasteiger partial charge >= 0.3 is 0 Å². The highest BCUT2D eigenvalue weighted by molar-refractivity contribution is 7.14. The first-order chi connectivity index (χ1) is 8.66. The molecule has 1 heterocycles. The van der Waals surface area contributed by atoms with Crippen molar-refractivity contribution in [3.8, 4) is 0 Å². The molecule has 18 heavy (non-hydrogen) atoms. The number of nitrogens with one attached hydrogen (secondary N) is 1. The van der Waals surface area contributed by atoms with Gasteiger partial charge in [0.15, 0.2) is 0 Å². The fourth-order valence-electron chi connectivity index (χ4n) is 2.26. The molecule has 2 rings (SSSR count). The van der Waals surface area contributed by atoms with Crippen LogP contribution in [0.15, 0.2) is 6.07 Å². The van der Waals surface area contributed by atoms with Crippen LogP contribution in [0.1, 0.15) is 39.4 Å². The summed E-state index contributed by atoms with van der Waals surface area (Å²) >= 11 is 1.69. The summed E-state index contributed by atoms with van der Waals surface area (Å²) in [6.07, 6.45) is 6.17. The fourth-order valence-corrected chi connectivity index (χ4v) is 3.43. The number of carbonyl (C=O) groups excluding carboxylic acids is 1. The molecule has 0 fully saturated rings. The van der Waals surface area contributed by atoms with Crippen molar-refractivity contribution in [3.05, 3.63) is 21.4 Å². The Bertz CT molecular complexity index is 388. The third-order valence-electron chi connectivity index (χ3n) is 3.31. The number of rotatable bonds is 4. The highest BCUT2D eigenvalue weighted by atomic mass is 32.1. The van der Waals surface area contributed by atoms with Gasteiger partial charge < -0.3 is 10.2 Å². The minimum Gasteiger partial charge on any atom is -0.350 e. The zero-order valence-electron chi connectivity index (χ0n) is 11.3. The molecule has 1 N–H and O–H groups in total. The quantitative estimate of drug-likeness (QED) is 0.848. The average Bonchev–Trinajstić information content (AvgIpc) is 2.60. The van der Waals surface area contributed by atoms with Crippen LogP contribution in [0.3, 0.4) is 0 Å². The maximum absolute atomic E-state index is 12.0. The number of hydrogen-bond acceptors (Lipinski definition) is 3. The van der Waals surface area contributed by atoms with Gasteiger partial charge in [-0.2, -0.15) is 0 Å². The molecule has 1 aliphatic carbocycles. The van der Waals surface area contributed by atoms with E-state index in [4.69, 9.17) is 0 Å². The molecule has 0 saturated carbocycles. The van der Waals surface area contributed by atoms with Gasteiger partial charge in [-0.15, -0.1) is 11.3 Å². The average molecular weight is 266 g/mol. The summed E-state index contributed by atoms with van der Waals surface area (Å²) in [6, 6.07) is 2.11. The SMILES string of the molecule is CN(C)CCNC(=O)c1cc2c(s1)CCCCC2.